The van der Waals surface area contributed by atoms with E-state index in [0.717, 1.165) is 6.26 Å². The van der Waals surface area contributed by atoms with Gasteiger partial charge in [-0.05, 0) is 13.8 Å². The molecule has 4 heteroatoms. The molecule has 0 spiro atoms. The van der Waals surface area contributed by atoms with Gasteiger partial charge < -0.3 is 0 Å². The van der Waals surface area contributed by atoms with Crippen molar-refractivity contribution in [2.24, 2.45) is 4.99 Å². The monoisotopic (exact) mass is 231 g/mol. The molecule has 15 heavy (non-hydrogen) atoms. The van der Waals surface area contributed by atoms with Crippen LogP contribution in [0.1, 0.15) is 34.1 Å². The Hall–Kier alpha value is -0.900. The number of sulfone groups is 1. The number of nitrogens with zero attached hydrogens (tertiary/aromatic N) is 1. The van der Waals surface area contributed by atoms with Gasteiger partial charge in [-0.25, -0.2) is 8.42 Å². The van der Waals surface area contributed by atoms with E-state index in [4.69, 9.17) is 0 Å². The lowest BCUT2D eigenvalue weighted by Gasteiger charge is -1.93. The number of aliphatic imine (C=N–C) groups is 1. The molecule has 0 heterocycles. The second-order valence-electron chi connectivity index (χ2n) is 2.93. The van der Waals surface area contributed by atoms with Crippen molar-refractivity contribution in [1.82, 2.24) is 0 Å². The predicted octanol–water partition coefficient (Wildman–Crippen LogP) is 2.96. The third kappa shape index (κ3) is 11.0. The van der Waals surface area contributed by atoms with Crippen LogP contribution in [0.15, 0.2) is 28.2 Å². The smallest absolute Gasteiger partial charge is 0.176 e. The molecule has 0 atom stereocenters. The summed E-state index contributed by atoms with van der Waals surface area (Å²) < 4.78 is 21.9. The van der Waals surface area contributed by atoms with E-state index in [1.54, 1.807) is 13.0 Å². The minimum atomic E-state index is -3.12. The molecule has 0 bridgehead atoms. The Morgan fingerprint density at radius 1 is 1.27 bits per heavy atom. The minimum Gasteiger partial charge on any atom is -0.264 e. The molecule has 0 radical (unpaired) electrons. The van der Waals surface area contributed by atoms with Crippen LogP contribution in [-0.4, -0.2) is 20.9 Å². The van der Waals surface area contributed by atoms with Gasteiger partial charge in [-0.15, -0.1) is 0 Å². The maximum Gasteiger partial charge on any atom is 0.176 e. The average Bonchev–Trinajstić information content (AvgIpc) is 2.12. The van der Waals surface area contributed by atoms with E-state index in [9.17, 15) is 8.42 Å². The van der Waals surface area contributed by atoms with Gasteiger partial charge in [0.05, 0.1) is 4.91 Å². The first kappa shape index (κ1) is 16.5. The third-order valence-electron chi connectivity index (χ3n) is 1.15. The van der Waals surface area contributed by atoms with Crippen molar-refractivity contribution < 1.29 is 8.42 Å². The van der Waals surface area contributed by atoms with Crippen LogP contribution in [0.2, 0.25) is 0 Å². The van der Waals surface area contributed by atoms with E-state index < -0.39 is 9.84 Å². The largest absolute Gasteiger partial charge is 0.264 e. The molecule has 0 saturated carbocycles. The molecule has 0 aromatic heterocycles. The van der Waals surface area contributed by atoms with Gasteiger partial charge in [0, 0.05) is 18.7 Å². The Balaban J connectivity index is 0. The lowest BCUT2D eigenvalue weighted by molar-refractivity contribution is 0.609. The zero-order valence-corrected chi connectivity index (χ0v) is 11.0. The van der Waals surface area contributed by atoms with Crippen LogP contribution < -0.4 is 0 Å². The van der Waals surface area contributed by atoms with E-state index in [1.807, 2.05) is 6.92 Å². The number of rotatable bonds is 3. The number of hydrogen-bond acceptors (Lipinski definition) is 3. The molecule has 0 N–H and O–H groups in total. The van der Waals surface area contributed by atoms with Gasteiger partial charge in [0.1, 0.15) is 0 Å². The molecule has 0 aromatic rings. The lowest BCUT2D eigenvalue weighted by atomic mass is 10.5. The molecule has 0 rings (SSSR count). The highest BCUT2D eigenvalue weighted by Gasteiger charge is 2.05. The van der Waals surface area contributed by atoms with Crippen molar-refractivity contribution in [1.29, 1.82) is 0 Å². The van der Waals surface area contributed by atoms with Crippen molar-refractivity contribution in [2.75, 3.05) is 6.26 Å². The summed E-state index contributed by atoms with van der Waals surface area (Å²) in [4.78, 5) is 4.01. The minimum absolute atomic E-state index is 0.237. The van der Waals surface area contributed by atoms with Gasteiger partial charge in [0.15, 0.2) is 9.84 Å². The fourth-order valence-electron chi connectivity index (χ4n) is 0.587. The molecule has 0 amide bonds. The third-order valence-corrected chi connectivity index (χ3v) is 2.35. The second-order valence-corrected chi connectivity index (χ2v) is 4.95. The highest BCUT2D eigenvalue weighted by Crippen LogP contribution is 2.00. The second kappa shape index (κ2) is 9.65. The van der Waals surface area contributed by atoms with Crippen molar-refractivity contribution in [3.8, 4) is 0 Å². The highest BCUT2D eigenvalue weighted by molar-refractivity contribution is 7.95. The molecule has 0 aromatic carbocycles. The summed E-state index contributed by atoms with van der Waals surface area (Å²) in [6, 6.07) is 0. The molecule has 88 valence electrons. The average molecular weight is 231 g/mol. The molecule has 0 aliphatic heterocycles. The molecule has 0 unspecified atom stereocenters. The quantitative estimate of drug-likeness (QED) is 0.701. The lowest BCUT2D eigenvalue weighted by Crippen LogP contribution is -2.01. The first-order chi connectivity index (χ1) is 6.93. The van der Waals surface area contributed by atoms with E-state index in [2.05, 4.69) is 18.8 Å². The molecule has 0 aliphatic carbocycles. The van der Waals surface area contributed by atoms with E-state index in [-0.39, 0.29) is 4.91 Å². The van der Waals surface area contributed by atoms with Crippen LogP contribution in [0.5, 0.6) is 0 Å². The summed E-state index contributed by atoms with van der Waals surface area (Å²) in [5.74, 6) is 0. The maximum absolute atomic E-state index is 11.0. The summed E-state index contributed by atoms with van der Waals surface area (Å²) in [6.07, 6.45) is 8.52. The molecule has 0 aliphatic rings. The first-order valence-electron chi connectivity index (χ1n) is 4.94. The number of hydrogen-bond donors (Lipinski definition) is 0. The van der Waals surface area contributed by atoms with E-state index in [0.29, 0.717) is 0 Å². The van der Waals surface area contributed by atoms with Crippen molar-refractivity contribution in [2.45, 2.75) is 34.1 Å². The Morgan fingerprint density at radius 2 is 1.73 bits per heavy atom. The van der Waals surface area contributed by atoms with Crippen LogP contribution in [0.3, 0.4) is 0 Å². The summed E-state index contributed by atoms with van der Waals surface area (Å²) in [7, 11) is -3.12. The van der Waals surface area contributed by atoms with Crippen LogP contribution >= 0.6 is 0 Å². The normalized spacial score (nSPS) is 13.0. The van der Waals surface area contributed by atoms with Gasteiger partial charge in [0.25, 0.3) is 0 Å². The zero-order chi connectivity index (χ0) is 12.3. The fourth-order valence-corrected chi connectivity index (χ4v) is 1.27. The predicted molar refractivity (Wildman–Crippen MR) is 67.9 cm³/mol. The van der Waals surface area contributed by atoms with E-state index >= 15 is 0 Å². The van der Waals surface area contributed by atoms with Crippen LogP contribution in [0.4, 0.5) is 0 Å². The zero-order valence-electron chi connectivity index (χ0n) is 10.2. The van der Waals surface area contributed by atoms with Crippen LogP contribution in [0, 0.1) is 0 Å². The van der Waals surface area contributed by atoms with Crippen molar-refractivity contribution >= 4 is 16.1 Å². The Morgan fingerprint density at radius 3 is 2.00 bits per heavy atom. The van der Waals surface area contributed by atoms with Gasteiger partial charge in [-0.1, -0.05) is 32.4 Å². The molecular weight excluding hydrogens is 210 g/mol. The standard InChI is InChI=1S/C8H13NO2S.C3H8/c1-4-6-9-7-8(5-2)12(3,10)11;1-3-2/h4-7H,1-3H3;3H2,1-2H3/b6-4+,8-5+,9-7+;. The summed E-state index contributed by atoms with van der Waals surface area (Å²) >= 11 is 0. The number of allylic oxidation sites excluding steroid dienone is 3. The molecular formula is C11H21NO2S. The Kier molecular flexibility index (Phi) is 10.6. The fraction of sp³-hybridized carbons (Fsp3) is 0.545. The first-order valence-corrected chi connectivity index (χ1v) is 6.83. The summed E-state index contributed by atoms with van der Waals surface area (Å²) in [5.41, 5.74) is 0. The molecule has 0 fully saturated rings. The van der Waals surface area contributed by atoms with Crippen LogP contribution in [0.25, 0.3) is 0 Å². The van der Waals surface area contributed by atoms with E-state index in [1.165, 1.54) is 24.9 Å². The van der Waals surface area contributed by atoms with Gasteiger partial charge in [-0.2, -0.15) is 0 Å². The van der Waals surface area contributed by atoms with Crippen molar-refractivity contribution in [3.63, 3.8) is 0 Å². The maximum atomic E-state index is 11.0. The SMILES string of the molecule is C/C=C/N=C/C(=C\C)S(C)(=O)=O.CCC. The Bertz CT molecular complexity index is 324. The topological polar surface area (TPSA) is 46.5 Å². The summed E-state index contributed by atoms with van der Waals surface area (Å²) in [5, 5.41) is 0. The van der Waals surface area contributed by atoms with Gasteiger partial charge >= 0.3 is 0 Å². The summed E-state index contributed by atoms with van der Waals surface area (Å²) in [6.45, 7) is 7.73. The molecule has 0 saturated heterocycles. The highest BCUT2D eigenvalue weighted by atomic mass is 32.2. The Labute approximate surface area is 93.5 Å². The van der Waals surface area contributed by atoms with Crippen molar-refractivity contribution in [3.05, 3.63) is 23.3 Å². The van der Waals surface area contributed by atoms with Gasteiger partial charge in [0.2, 0.25) is 0 Å². The van der Waals surface area contributed by atoms with Crippen LogP contribution in [-0.2, 0) is 9.84 Å². The van der Waals surface area contributed by atoms with Gasteiger partial charge in [-0.3, -0.25) is 4.99 Å². The molecule has 3 nitrogen and oxygen atoms in total.